The molecular weight excluding hydrogens is 346 g/mol. The number of tetrazole rings is 1. The van der Waals surface area contributed by atoms with Gasteiger partial charge in [-0.15, -0.1) is 10.2 Å². The minimum Gasteiger partial charge on any atom is -0.491 e. The Balaban J connectivity index is 1.59. The Bertz CT molecular complexity index is 937. The average molecular weight is 367 g/mol. The largest absolute Gasteiger partial charge is 0.491 e. The van der Waals surface area contributed by atoms with Crippen molar-refractivity contribution in [2.45, 2.75) is 26.5 Å². The van der Waals surface area contributed by atoms with Crippen LogP contribution < -0.4 is 10.5 Å². The van der Waals surface area contributed by atoms with E-state index in [-0.39, 0.29) is 13.2 Å². The van der Waals surface area contributed by atoms with Gasteiger partial charge in [0, 0.05) is 11.1 Å². The summed E-state index contributed by atoms with van der Waals surface area (Å²) in [7, 11) is 0. The molecule has 0 radical (unpaired) electrons. The van der Waals surface area contributed by atoms with Crippen LogP contribution >= 0.6 is 0 Å². The third-order valence-electron chi connectivity index (χ3n) is 4.02. The van der Waals surface area contributed by atoms with Crippen molar-refractivity contribution in [2.75, 3.05) is 6.61 Å². The summed E-state index contributed by atoms with van der Waals surface area (Å²) in [5, 5.41) is 22.3. The highest BCUT2D eigenvalue weighted by molar-refractivity contribution is 5.93. The second-order valence-electron chi connectivity index (χ2n) is 6.34. The van der Waals surface area contributed by atoms with Crippen LogP contribution in [0.15, 0.2) is 42.5 Å². The molecule has 0 aliphatic rings. The molecule has 1 amide bonds. The Hall–Kier alpha value is -3.26. The lowest BCUT2D eigenvalue weighted by Gasteiger charge is -2.13. The van der Waals surface area contributed by atoms with Crippen LogP contribution in [0.1, 0.15) is 21.5 Å². The number of carbonyl (C=O) groups excluding carboxylic acids is 1. The zero-order valence-corrected chi connectivity index (χ0v) is 15.2. The monoisotopic (exact) mass is 367 g/mol. The summed E-state index contributed by atoms with van der Waals surface area (Å²) in [6.07, 6.45) is -0.787. The Morgan fingerprint density at radius 2 is 1.96 bits per heavy atom. The third kappa shape index (κ3) is 4.68. The summed E-state index contributed by atoms with van der Waals surface area (Å²) in [4.78, 5) is 12.4. The molecule has 1 aromatic heterocycles. The Morgan fingerprint density at radius 3 is 2.63 bits per heavy atom. The van der Waals surface area contributed by atoms with Crippen molar-refractivity contribution in [3.05, 3.63) is 59.2 Å². The van der Waals surface area contributed by atoms with Gasteiger partial charge in [-0.3, -0.25) is 4.79 Å². The average Bonchev–Trinajstić information content (AvgIpc) is 3.09. The number of amides is 1. The number of hydrogen-bond acceptors (Lipinski definition) is 6. The maximum atomic E-state index is 11.1. The topological polar surface area (TPSA) is 116 Å². The first-order valence-corrected chi connectivity index (χ1v) is 8.48. The molecule has 8 heteroatoms. The van der Waals surface area contributed by atoms with Gasteiger partial charge in [0.05, 0.1) is 6.54 Å². The molecular formula is C19H21N5O3. The molecule has 1 heterocycles. The van der Waals surface area contributed by atoms with Crippen molar-refractivity contribution in [3.8, 4) is 17.1 Å². The van der Waals surface area contributed by atoms with E-state index in [1.54, 1.807) is 24.3 Å². The maximum absolute atomic E-state index is 11.1. The lowest BCUT2D eigenvalue weighted by atomic mass is 10.1. The van der Waals surface area contributed by atoms with E-state index in [0.29, 0.717) is 17.0 Å². The van der Waals surface area contributed by atoms with Crippen LogP contribution in [0.2, 0.25) is 0 Å². The van der Waals surface area contributed by atoms with E-state index >= 15 is 0 Å². The zero-order valence-electron chi connectivity index (χ0n) is 15.2. The van der Waals surface area contributed by atoms with Crippen molar-refractivity contribution >= 4 is 5.91 Å². The number of aliphatic hydroxyl groups excluding tert-OH is 1. The van der Waals surface area contributed by atoms with Gasteiger partial charge >= 0.3 is 0 Å². The SMILES string of the molecule is Cc1ccc(OC[C@@H](O)Cn2nnc(-c3ccc(C(N)=O)cc3)n2)c(C)c1. The van der Waals surface area contributed by atoms with Crippen molar-refractivity contribution < 1.29 is 14.6 Å². The molecule has 2 aromatic carbocycles. The Labute approximate surface area is 156 Å². The second-order valence-corrected chi connectivity index (χ2v) is 6.34. The first-order valence-electron chi connectivity index (χ1n) is 8.48. The Morgan fingerprint density at radius 1 is 1.22 bits per heavy atom. The molecule has 0 fully saturated rings. The van der Waals surface area contributed by atoms with Crippen LogP contribution in [0.25, 0.3) is 11.4 Å². The van der Waals surface area contributed by atoms with Crippen LogP contribution in [-0.4, -0.2) is 43.9 Å². The highest BCUT2D eigenvalue weighted by Gasteiger charge is 2.12. The molecule has 27 heavy (non-hydrogen) atoms. The number of ether oxygens (including phenoxy) is 1. The van der Waals surface area contributed by atoms with Crippen LogP contribution in [0.3, 0.4) is 0 Å². The minimum atomic E-state index is -0.787. The molecule has 0 saturated carbocycles. The van der Waals surface area contributed by atoms with Crippen molar-refractivity contribution in [1.82, 2.24) is 20.2 Å². The van der Waals surface area contributed by atoms with Gasteiger partial charge in [-0.05, 0) is 42.8 Å². The number of aliphatic hydroxyl groups is 1. The lowest BCUT2D eigenvalue weighted by molar-refractivity contribution is 0.0847. The van der Waals surface area contributed by atoms with Crippen LogP contribution in [0, 0.1) is 13.8 Å². The summed E-state index contributed by atoms with van der Waals surface area (Å²) in [6.45, 7) is 4.25. The highest BCUT2D eigenvalue weighted by Crippen LogP contribution is 2.19. The quantitative estimate of drug-likeness (QED) is 0.654. The zero-order chi connectivity index (χ0) is 19.4. The first-order chi connectivity index (χ1) is 12.9. The number of aryl methyl sites for hydroxylation is 2. The summed E-state index contributed by atoms with van der Waals surface area (Å²) in [6, 6.07) is 12.5. The van der Waals surface area contributed by atoms with Gasteiger partial charge in [0.15, 0.2) is 0 Å². The van der Waals surface area contributed by atoms with Gasteiger partial charge in [0.1, 0.15) is 18.5 Å². The predicted octanol–water partition coefficient (Wildman–Crippen LogP) is 1.50. The summed E-state index contributed by atoms with van der Waals surface area (Å²) in [5.74, 6) is 0.639. The lowest BCUT2D eigenvalue weighted by Crippen LogP contribution is -2.25. The number of nitrogens with zero attached hydrogens (tertiary/aromatic N) is 4. The fraction of sp³-hybridized carbons (Fsp3) is 0.263. The number of primary amides is 1. The number of hydrogen-bond donors (Lipinski definition) is 2. The fourth-order valence-corrected chi connectivity index (χ4v) is 2.61. The molecule has 0 unspecified atom stereocenters. The van der Waals surface area contributed by atoms with E-state index in [4.69, 9.17) is 10.5 Å². The van der Waals surface area contributed by atoms with Gasteiger partial charge in [-0.1, -0.05) is 29.8 Å². The predicted molar refractivity (Wildman–Crippen MR) is 99.2 cm³/mol. The Kier molecular flexibility index (Phi) is 5.46. The molecule has 0 spiro atoms. The third-order valence-corrected chi connectivity index (χ3v) is 4.02. The van der Waals surface area contributed by atoms with Gasteiger partial charge in [0.2, 0.25) is 11.7 Å². The molecule has 0 aliphatic carbocycles. The molecule has 0 aliphatic heterocycles. The van der Waals surface area contributed by atoms with E-state index < -0.39 is 12.0 Å². The molecule has 140 valence electrons. The number of carbonyl (C=O) groups is 1. The van der Waals surface area contributed by atoms with E-state index in [1.165, 1.54) is 4.80 Å². The number of rotatable bonds is 7. The minimum absolute atomic E-state index is 0.119. The summed E-state index contributed by atoms with van der Waals surface area (Å²) < 4.78 is 5.67. The molecule has 0 bridgehead atoms. The van der Waals surface area contributed by atoms with Gasteiger partial charge < -0.3 is 15.6 Å². The second kappa shape index (κ2) is 7.96. The number of benzene rings is 2. The first kappa shape index (κ1) is 18.5. The molecule has 8 nitrogen and oxygen atoms in total. The molecule has 3 N–H and O–H groups in total. The van der Waals surface area contributed by atoms with Crippen molar-refractivity contribution in [2.24, 2.45) is 5.73 Å². The normalized spacial score (nSPS) is 12.0. The fourth-order valence-electron chi connectivity index (χ4n) is 2.61. The van der Waals surface area contributed by atoms with Crippen LogP contribution in [0.4, 0.5) is 0 Å². The highest BCUT2D eigenvalue weighted by atomic mass is 16.5. The van der Waals surface area contributed by atoms with Crippen molar-refractivity contribution in [1.29, 1.82) is 0 Å². The summed E-state index contributed by atoms with van der Waals surface area (Å²) in [5.41, 5.74) is 8.50. The maximum Gasteiger partial charge on any atom is 0.248 e. The van der Waals surface area contributed by atoms with E-state index in [2.05, 4.69) is 15.4 Å². The van der Waals surface area contributed by atoms with E-state index in [9.17, 15) is 9.90 Å². The number of aromatic nitrogens is 4. The van der Waals surface area contributed by atoms with Crippen LogP contribution in [-0.2, 0) is 6.54 Å². The molecule has 3 aromatic rings. The van der Waals surface area contributed by atoms with Gasteiger partial charge in [0.25, 0.3) is 0 Å². The molecule has 0 saturated heterocycles. The van der Waals surface area contributed by atoms with E-state index in [0.717, 1.165) is 16.9 Å². The van der Waals surface area contributed by atoms with Crippen molar-refractivity contribution in [3.63, 3.8) is 0 Å². The summed E-state index contributed by atoms with van der Waals surface area (Å²) >= 11 is 0. The standard InChI is InChI=1S/C19H21N5O3/c1-12-3-8-17(13(2)9-12)27-11-16(25)10-24-22-19(21-23-24)15-6-4-14(5-7-15)18(20)26/h3-9,16,25H,10-11H2,1-2H3,(H2,20,26)/t16-/m0/s1. The van der Waals surface area contributed by atoms with E-state index in [1.807, 2.05) is 32.0 Å². The molecule has 3 rings (SSSR count). The smallest absolute Gasteiger partial charge is 0.248 e. The van der Waals surface area contributed by atoms with Gasteiger partial charge in [-0.25, -0.2) is 0 Å². The number of nitrogens with two attached hydrogens (primary N) is 1. The van der Waals surface area contributed by atoms with Gasteiger partial charge in [-0.2, -0.15) is 4.80 Å². The van der Waals surface area contributed by atoms with Crippen LogP contribution in [0.5, 0.6) is 5.75 Å². The molecule has 1 atom stereocenters.